The zero-order chi connectivity index (χ0) is 11.5. The van der Waals surface area contributed by atoms with Crippen molar-refractivity contribution < 1.29 is 9.90 Å². The highest BCUT2D eigenvalue weighted by Gasteiger charge is 2.17. The predicted octanol–water partition coefficient (Wildman–Crippen LogP) is 1.06. The van der Waals surface area contributed by atoms with Crippen LogP contribution in [0.2, 0.25) is 0 Å². The third kappa shape index (κ3) is 1.77. The van der Waals surface area contributed by atoms with Crippen LogP contribution in [0.3, 0.4) is 0 Å². The highest BCUT2D eigenvalue weighted by molar-refractivity contribution is 5.93. The second-order valence-corrected chi connectivity index (χ2v) is 3.14. The van der Waals surface area contributed by atoms with E-state index in [0.29, 0.717) is 17.9 Å². The average molecular weight is 218 g/mol. The molecule has 0 aliphatic rings. The first-order chi connectivity index (χ1) is 7.72. The lowest BCUT2D eigenvalue weighted by atomic mass is 10.2. The largest absolute Gasteiger partial charge is 0.478 e. The number of carboxylic acid groups (broad SMARTS) is 1. The summed E-state index contributed by atoms with van der Waals surface area (Å²) in [6.07, 6.45) is 6.02. The van der Waals surface area contributed by atoms with Gasteiger partial charge >= 0.3 is 5.97 Å². The molecule has 82 valence electrons. The number of carbonyl (C=O) groups is 1. The molecule has 0 atom stereocenters. The summed E-state index contributed by atoms with van der Waals surface area (Å²) in [7, 11) is 0. The lowest BCUT2D eigenvalue weighted by Crippen LogP contribution is -1.97. The maximum atomic E-state index is 11.0. The monoisotopic (exact) mass is 218 g/mol. The SMILES string of the molecule is CCn1cc(C(=O)O)c(-c2cnccn2)n1. The number of hydrogen-bond acceptors (Lipinski definition) is 4. The Labute approximate surface area is 91.6 Å². The van der Waals surface area contributed by atoms with Crippen LogP contribution in [0.15, 0.2) is 24.8 Å². The molecule has 16 heavy (non-hydrogen) atoms. The van der Waals surface area contributed by atoms with E-state index in [0.717, 1.165) is 0 Å². The van der Waals surface area contributed by atoms with E-state index < -0.39 is 5.97 Å². The second-order valence-electron chi connectivity index (χ2n) is 3.14. The topological polar surface area (TPSA) is 80.9 Å². The number of aryl methyl sites for hydroxylation is 1. The van der Waals surface area contributed by atoms with Crippen molar-refractivity contribution in [1.82, 2.24) is 19.7 Å². The van der Waals surface area contributed by atoms with Crippen LogP contribution >= 0.6 is 0 Å². The molecule has 0 fully saturated rings. The fourth-order valence-electron chi connectivity index (χ4n) is 1.35. The summed E-state index contributed by atoms with van der Waals surface area (Å²) in [6.45, 7) is 2.50. The van der Waals surface area contributed by atoms with Crippen LogP contribution in [0.1, 0.15) is 17.3 Å². The number of hydrogen-bond donors (Lipinski definition) is 1. The number of aromatic carboxylic acids is 1. The first-order valence-corrected chi connectivity index (χ1v) is 4.79. The van der Waals surface area contributed by atoms with E-state index in [1.165, 1.54) is 24.8 Å². The Kier molecular flexibility index (Phi) is 2.63. The van der Waals surface area contributed by atoms with Gasteiger partial charge in [0.05, 0.1) is 6.20 Å². The summed E-state index contributed by atoms with van der Waals surface area (Å²) in [5, 5.41) is 13.2. The van der Waals surface area contributed by atoms with Crippen molar-refractivity contribution in [3.05, 3.63) is 30.4 Å². The van der Waals surface area contributed by atoms with Gasteiger partial charge in [0.1, 0.15) is 17.0 Å². The molecule has 0 saturated heterocycles. The van der Waals surface area contributed by atoms with Gasteiger partial charge in [0.2, 0.25) is 0 Å². The third-order valence-corrected chi connectivity index (χ3v) is 2.12. The molecule has 2 aromatic heterocycles. The molecular weight excluding hydrogens is 208 g/mol. The Morgan fingerprint density at radius 2 is 2.31 bits per heavy atom. The van der Waals surface area contributed by atoms with Crippen molar-refractivity contribution in [3.8, 4) is 11.4 Å². The summed E-state index contributed by atoms with van der Waals surface area (Å²) in [6, 6.07) is 0. The Bertz CT molecular complexity index is 507. The third-order valence-electron chi connectivity index (χ3n) is 2.12. The maximum Gasteiger partial charge on any atom is 0.339 e. The van der Waals surface area contributed by atoms with Gasteiger partial charge in [-0.1, -0.05) is 0 Å². The van der Waals surface area contributed by atoms with Crippen LogP contribution < -0.4 is 0 Å². The normalized spacial score (nSPS) is 10.3. The van der Waals surface area contributed by atoms with Gasteiger partial charge in [-0.2, -0.15) is 5.10 Å². The first kappa shape index (κ1) is 10.3. The summed E-state index contributed by atoms with van der Waals surface area (Å²) < 4.78 is 1.56. The van der Waals surface area contributed by atoms with Crippen molar-refractivity contribution >= 4 is 5.97 Å². The highest BCUT2D eigenvalue weighted by Crippen LogP contribution is 2.18. The van der Waals surface area contributed by atoms with Gasteiger partial charge in [-0.15, -0.1) is 0 Å². The van der Waals surface area contributed by atoms with Gasteiger partial charge in [0.25, 0.3) is 0 Å². The summed E-state index contributed by atoms with van der Waals surface area (Å²) in [5.74, 6) is -1.01. The first-order valence-electron chi connectivity index (χ1n) is 4.79. The van der Waals surface area contributed by atoms with Gasteiger partial charge in [0, 0.05) is 25.1 Å². The van der Waals surface area contributed by atoms with Crippen LogP contribution in [0, 0.1) is 0 Å². The average Bonchev–Trinajstić information content (AvgIpc) is 2.74. The summed E-state index contributed by atoms with van der Waals surface area (Å²) in [4.78, 5) is 19.0. The van der Waals surface area contributed by atoms with Crippen molar-refractivity contribution in [2.45, 2.75) is 13.5 Å². The second kappa shape index (κ2) is 4.09. The molecule has 0 aromatic carbocycles. The maximum absolute atomic E-state index is 11.0. The molecule has 0 spiro atoms. The minimum absolute atomic E-state index is 0.141. The van der Waals surface area contributed by atoms with Crippen molar-refractivity contribution in [2.24, 2.45) is 0 Å². The van der Waals surface area contributed by atoms with E-state index in [4.69, 9.17) is 5.11 Å². The lowest BCUT2D eigenvalue weighted by molar-refractivity contribution is 0.0697. The fourth-order valence-corrected chi connectivity index (χ4v) is 1.35. The molecule has 1 N–H and O–H groups in total. The predicted molar refractivity (Wildman–Crippen MR) is 55.9 cm³/mol. The van der Waals surface area contributed by atoms with E-state index in [9.17, 15) is 4.79 Å². The molecule has 2 heterocycles. The molecule has 0 radical (unpaired) electrons. The Morgan fingerprint density at radius 3 is 2.88 bits per heavy atom. The molecule has 0 saturated carbocycles. The van der Waals surface area contributed by atoms with E-state index in [2.05, 4.69) is 15.1 Å². The van der Waals surface area contributed by atoms with Gasteiger partial charge in [-0.25, -0.2) is 4.79 Å². The molecular formula is C10H10N4O2. The standard InChI is InChI=1S/C10H10N4O2/c1-2-14-6-7(10(15)16)9(13-14)8-5-11-3-4-12-8/h3-6H,2H2,1H3,(H,15,16). The lowest BCUT2D eigenvalue weighted by Gasteiger charge is -1.95. The molecule has 0 unspecified atom stereocenters. The van der Waals surface area contributed by atoms with Crippen LogP contribution in [-0.2, 0) is 6.54 Å². The van der Waals surface area contributed by atoms with E-state index >= 15 is 0 Å². The number of aromatic nitrogens is 4. The Hall–Kier alpha value is -2.24. The van der Waals surface area contributed by atoms with Crippen LogP contribution in [-0.4, -0.2) is 30.8 Å². The Morgan fingerprint density at radius 1 is 1.50 bits per heavy atom. The van der Waals surface area contributed by atoms with Crippen molar-refractivity contribution in [3.63, 3.8) is 0 Å². The molecule has 6 heteroatoms. The van der Waals surface area contributed by atoms with Crippen LogP contribution in [0.25, 0.3) is 11.4 Å². The quantitative estimate of drug-likeness (QED) is 0.833. The smallest absolute Gasteiger partial charge is 0.339 e. The zero-order valence-electron chi connectivity index (χ0n) is 8.66. The molecule has 0 aliphatic heterocycles. The molecule has 0 aliphatic carbocycles. The van der Waals surface area contributed by atoms with Crippen LogP contribution in [0.4, 0.5) is 0 Å². The van der Waals surface area contributed by atoms with E-state index in [1.807, 2.05) is 6.92 Å². The highest BCUT2D eigenvalue weighted by atomic mass is 16.4. The molecule has 0 bridgehead atoms. The molecule has 2 aromatic rings. The van der Waals surface area contributed by atoms with Crippen molar-refractivity contribution in [2.75, 3.05) is 0 Å². The number of nitrogens with zero attached hydrogens (tertiary/aromatic N) is 4. The molecule has 6 nitrogen and oxygen atoms in total. The van der Waals surface area contributed by atoms with Crippen LogP contribution in [0.5, 0.6) is 0 Å². The zero-order valence-corrected chi connectivity index (χ0v) is 8.66. The van der Waals surface area contributed by atoms with E-state index in [-0.39, 0.29) is 5.56 Å². The fraction of sp³-hybridized carbons (Fsp3) is 0.200. The van der Waals surface area contributed by atoms with Gasteiger partial charge < -0.3 is 5.11 Å². The van der Waals surface area contributed by atoms with Gasteiger partial charge in [-0.05, 0) is 6.92 Å². The minimum Gasteiger partial charge on any atom is -0.478 e. The number of rotatable bonds is 3. The molecule has 0 amide bonds. The number of carboxylic acids is 1. The Balaban J connectivity index is 2.55. The summed E-state index contributed by atoms with van der Waals surface area (Å²) >= 11 is 0. The minimum atomic E-state index is -1.01. The van der Waals surface area contributed by atoms with Gasteiger partial charge in [-0.3, -0.25) is 14.6 Å². The summed E-state index contributed by atoms with van der Waals surface area (Å²) in [5.41, 5.74) is 0.955. The molecule has 2 rings (SSSR count). The van der Waals surface area contributed by atoms with Crippen molar-refractivity contribution in [1.29, 1.82) is 0 Å². The van der Waals surface area contributed by atoms with Gasteiger partial charge in [0.15, 0.2) is 0 Å². The van der Waals surface area contributed by atoms with E-state index in [1.54, 1.807) is 4.68 Å².